The summed E-state index contributed by atoms with van der Waals surface area (Å²) in [6.45, 7) is 9.20. The van der Waals surface area contributed by atoms with Gasteiger partial charge in [0.1, 0.15) is 0 Å². The number of carbonyl (C=O) groups is 1. The van der Waals surface area contributed by atoms with Gasteiger partial charge in [0, 0.05) is 32.7 Å². The maximum Gasteiger partial charge on any atom is 0.317 e. The van der Waals surface area contributed by atoms with Gasteiger partial charge in [0.15, 0.2) is 0 Å². The standard InChI is InChI=1S/C28H37N5O4S/c1-3-29-27(34)32(14-13-31-15-17-37-18-16-31)21-26-19-30-28(33(26)20-24-7-5-4-6-8-24)38(35,36)22-25-11-9-23(2)10-12-25/h4-12,19H,3,13-18,20-22H2,1-2H3,(H,29,34). The summed E-state index contributed by atoms with van der Waals surface area (Å²) in [5.74, 6) is -0.143. The SMILES string of the molecule is CCNC(=O)N(CCN1CCOCC1)Cc1cnc(S(=O)(=O)Cc2ccc(C)cc2)n1Cc1ccccc1. The highest BCUT2D eigenvalue weighted by Crippen LogP contribution is 2.21. The van der Waals surface area contributed by atoms with Crippen LogP contribution in [0.4, 0.5) is 4.79 Å². The van der Waals surface area contributed by atoms with Crippen molar-refractivity contribution in [3.63, 3.8) is 0 Å². The molecular formula is C28H37N5O4S. The van der Waals surface area contributed by atoms with E-state index in [0.29, 0.717) is 50.7 Å². The number of benzene rings is 2. The summed E-state index contributed by atoms with van der Waals surface area (Å²) in [6, 6.07) is 17.0. The van der Waals surface area contributed by atoms with Crippen LogP contribution >= 0.6 is 0 Å². The summed E-state index contributed by atoms with van der Waals surface area (Å²) < 4.78 is 34.3. The van der Waals surface area contributed by atoms with E-state index >= 15 is 0 Å². The lowest BCUT2D eigenvalue weighted by Crippen LogP contribution is -2.46. The van der Waals surface area contributed by atoms with Crippen LogP contribution in [0.3, 0.4) is 0 Å². The Labute approximate surface area is 225 Å². The van der Waals surface area contributed by atoms with Crippen LogP contribution in [0.2, 0.25) is 0 Å². The smallest absolute Gasteiger partial charge is 0.317 e. The maximum atomic E-state index is 13.6. The van der Waals surface area contributed by atoms with Gasteiger partial charge in [0.25, 0.3) is 0 Å². The van der Waals surface area contributed by atoms with Crippen molar-refractivity contribution in [2.24, 2.45) is 0 Å². The number of hydrogen-bond donors (Lipinski definition) is 1. The van der Waals surface area contributed by atoms with Crippen molar-refractivity contribution in [2.75, 3.05) is 45.9 Å². The van der Waals surface area contributed by atoms with Gasteiger partial charge in [-0.3, -0.25) is 4.90 Å². The second-order valence-electron chi connectivity index (χ2n) is 9.56. The molecule has 2 aromatic carbocycles. The summed E-state index contributed by atoms with van der Waals surface area (Å²) in [5, 5.41) is 2.91. The molecular weight excluding hydrogens is 502 g/mol. The zero-order chi connectivity index (χ0) is 27.0. The summed E-state index contributed by atoms with van der Waals surface area (Å²) in [4.78, 5) is 21.4. The molecule has 38 heavy (non-hydrogen) atoms. The van der Waals surface area contributed by atoms with E-state index in [2.05, 4.69) is 15.2 Å². The number of ether oxygens (including phenoxy) is 1. The van der Waals surface area contributed by atoms with Crippen molar-refractivity contribution in [3.8, 4) is 0 Å². The van der Waals surface area contributed by atoms with Crippen molar-refractivity contribution < 1.29 is 17.9 Å². The molecule has 0 saturated carbocycles. The van der Waals surface area contributed by atoms with E-state index in [1.807, 2.05) is 68.4 Å². The number of aryl methyl sites for hydroxylation is 1. The van der Waals surface area contributed by atoms with Gasteiger partial charge in [0.05, 0.1) is 43.9 Å². The first-order valence-corrected chi connectivity index (χ1v) is 14.7. The summed E-state index contributed by atoms with van der Waals surface area (Å²) in [5.41, 5.74) is 3.41. The van der Waals surface area contributed by atoms with E-state index < -0.39 is 9.84 Å². The molecule has 0 unspecified atom stereocenters. The lowest BCUT2D eigenvalue weighted by molar-refractivity contribution is 0.0346. The molecule has 0 spiro atoms. The molecule has 2 heterocycles. The average Bonchev–Trinajstić information content (AvgIpc) is 3.32. The number of sulfone groups is 1. The lowest BCUT2D eigenvalue weighted by atomic mass is 10.2. The predicted molar refractivity (Wildman–Crippen MR) is 147 cm³/mol. The maximum absolute atomic E-state index is 13.6. The van der Waals surface area contributed by atoms with E-state index in [1.165, 1.54) is 0 Å². The van der Waals surface area contributed by atoms with Crippen molar-refractivity contribution in [3.05, 3.63) is 83.2 Å². The number of urea groups is 1. The van der Waals surface area contributed by atoms with E-state index in [4.69, 9.17) is 4.74 Å². The molecule has 1 fully saturated rings. The van der Waals surface area contributed by atoms with Crippen LogP contribution in [0.1, 0.15) is 29.3 Å². The molecule has 9 nitrogen and oxygen atoms in total. The van der Waals surface area contributed by atoms with Crippen molar-refractivity contribution >= 4 is 15.9 Å². The third-order valence-electron chi connectivity index (χ3n) is 6.60. The van der Waals surface area contributed by atoms with Crippen LogP contribution in [-0.2, 0) is 33.4 Å². The Hall–Kier alpha value is -3.21. The molecule has 0 bridgehead atoms. The second kappa shape index (κ2) is 13.0. The largest absolute Gasteiger partial charge is 0.379 e. The zero-order valence-electron chi connectivity index (χ0n) is 22.2. The van der Waals surface area contributed by atoms with Crippen molar-refractivity contribution in [2.45, 2.75) is 37.8 Å². The quantitative estimate of drug-likeness (QED) is 0.402. The Morgan fingerprint density at radius 2 is 1.76 bits per heavy atom. The van der Waals surface area contributed by atoms with Gasteiger partial charge in [-0.25, -0.2) is 18.2 Å². The number of morpholine rings is 1. The number of amides is 2. The summed E-state index contributed by atoms with van der Waals surface area (Å²) in [7, 11) is -3.74. The van der Waals surface area contributed by atoms with Gasteiger partial charge in [-0.1, -0.05) is 60.2 Å². The third-order valence-corrected chi connectivity index (χ3v) is 8.19. The number of rotatable bonds is 11. The van der Waals surface area contributed by atoms with Crippen LogP contribution < -0.4 is 5.32 Å². The molecule has 1 aliphatic heterocycles. The Morgan fingerprint density at radius 3 is 2.45 bits per heavy atom. The fourth-order valence-corrected chi connectivity index (χ4v) is 5.96. The molecule has 1 aliphatic rings. The van der Waals surface area contributed by atoms with Crippen molar-refractivity contribution in [1.82, 2.24) is 24.7 Å². The fraction of sp³-hybridized carbons (Fsp3) is 0.429. The molecule has 0 atom stereocenters. The molecule has 2 amide bonds. The van der Waals surface area contributed by atoms with Crippen LogP contribution in [0.25, 0.3) is 0 Å². The number of aromatic nitrogens is 2. The predicted octanol–water partition coefficient (Wildman–Crippen LogP) is 3.08. The fourth-order valence-electron chi connectivity index (χ4n) is 4.47. The lowest BCUT2D eigenvalue weighted by Gasteiger charge is -2.30. The minimum atomic E-state index is -3.74. The minimum Gasteiger partial charge on any atom is -0.379 e. The molecule has 0 radical (unpaired) electrons. The van der Waals surface area contributed by atoms with Crippen molar-refractivity contribution in [1.29, 1.82) is 0 Å². The van der Waals surface area contributed by atoms with Crippen LogP contribution in [0, 0.1) is 6.92 Å². The van der Waals surface area contributed by atoms with Crippen LogP contribution in [0.5, 0.6) is 0 Å². The topological polar surface area (TPSA) is 96.8 Å². The monoisotopic (exact) mass is 539 g/mol. The van der Waals surface area contributed by atoms with Gasteiger partial charge in [-0.15, -0.1) is 0 Å². The number of hydrogen-bond acceptors (Lipinski definition) is 6. The second-order valence-corrected chi connectivity index (χ2v) is 11.4. The van der Waals surface area contributed by atoms with Crippen LogP contribution in [-0.4, -0.2) is 79.7 Å². The van der Waals surface area contributed by atoms with E-state index in [0.717, 1.165) is 24.2 Å². The van der Waals surface area contributed by atoms with Gasteiger partial charge < -0.3 is 19.5 Å². The Bertz CT molecular complexity index is 1290. The molecule has 4 rings (SSSR count). The zero-order valence-corrected chi connectivity index (χ0v) is 23.0. The first kappa shape index (κ1) is 27.8. The number of carbonyl (C=O) groups excluding carboxylic acids is 1. The van der Waals surface area contributed by atoms with Gasteiger partial charge >= 0.3 is 6.03 Å². The normalized spacial score (nSPS) is 14.4. The molecule has 1 saturated heterocycles. The van der Waals surface area contributed by atoms with E-state index in [1.54, 1.807) is 15.7 Å². The van der Waals surface area contributed by atoms with Gasteiger partial charge in [0.2, 0.25) is 15.0 Å². The van der Waals surface area contributed by atoms with E-state index in [9.17, 15) is 13.2 Å². The van der Waals surface area contributed by atoms with Gasteiger partial charge in [-0.2, -0.15) is 0 Å². The molecule has 1 N–H and O–H groups in total. The van der Waals surface area contributed by atoms with Crippen LogP contribution in [0.15, 0.2) is 66.0 Å². The Balaban J connectivity index is 1.62. The highest BCUT2D eigenvalue weighted by Gasteiger charge is 2.26. The minimum absolute atomic E-state index is 0.0148. The molecule has 1 aromatic heterocycles. The first-order valence-electron chi connectivity index (χ1n) is 13.0. The highest BCUT2D eigenvalue weighted by molar-refractivity contribution is 7.90. The summed E-state index contributed by atoms with van der Waals surface area (Å²) in [6.07, 6.45) is 1.59. The third kappa shape index (κ3) is 7.43. The molecule has 204 valence electrons. The Kier molecular flexibility index (Phi) is 9.54. The summed E-state index contributed by atoms with van der Waals surface area (Å²) >= 11 is 0. The number of nitrogens with zero attached hydrogens (tertiary/aromatic N) is 4. The van der Waals surface area contributed by atoms with Gasteiger partial charge in [-0.05, 0) is 25.0 Å². The van der Waals surface area contributed by atoms with E-state index in [-0.39, 0.29) is 23.5 Å². The number of imidazole rings is 1. The number of nitrogens with one attached hydrogen (secondary N) is 1. The molecule has 0 aliphatic carbocycles. The molecule has 3 aromatic rings. The first-order chi connectivity index (χ1) is 18.4. The average molecular weight is 540 g/mol. The highest BCUT2D eigenvalue weighted by atomic mass is 32.2. The molecule has 10 heteroatoms. The Morgan fingerprint density at radius 1 is 1.05 bits per heavy atom.